The molecule has 0 radical (unpaired) electrons. The van der Waals surface area contributed by atoms with E-state index in [-0.39, 0.29) is 5.97 Å². The first-order valence-corrected chi connectivity index (χ1v) is 3.66. The Labute approximate surface area is 67.6 Å². The minimum absolute atomic E-state index is 0.258. The highest BCUT2D eigenvalue weighted by Gasteiger charge is 2.05. The third-order valence-electron chi connectivity index (χ3n) is 1.29. The zero-order valence-electron chi connectivity index (χ0n) is 7.09. The second-order valence-electron chi connectivity index (χ2n) is 2.17. The average molecular weight is 154 g/mol. The molecule has 0 fully saturated rings. The maximum Gasteiger partial charge on any atom is 0.333 e. The molecular weight excluding hydrogens is 140 g/mol. The lowest BCUT2D eigenvalue weighted by atomic mass is 10.1. The lowest BCUT2D eigenvalue weighted by Gasteiger charge is -2.00. The summed E-state index contributed by atoms with van der Waals surface area (Å²) < 4.78 is 4.56. The van der Waals surface area contributed by atoms with Gasteiger partial charge in [0.05, 0.1) is 7.11 Å². The highest BCUT2D eigenvalue weighted by atomic mass is 16.5. The van der Waals surface area contributed by atoms with Crippen LogP contribution in [0.4, 0.5) is 0 Å². The fourth-order valence-electron chi connectivity index (χ4n) is 0.796. The van der Waals surface area contributed by atoms with Crippen LogP contribution >= 0.6 is 0 Å². The molecule has 0 saturated carbocycles. The monoisotopic (exact) mass is 154 g/mol. The molecule has 2 heteroatoms. The zero-order chi connectivity index (χ0) is 8.69. The van der Waals surface area contributed by atoms with Gasteiger partial charge < -0.3 is 4.74 Å². The number of hydrogen-bond acceptors (Lipinski definition) is 2. The Morgan fingerprint density at radius 1 is 1.64 bits per heavy atom. The molecule has 0 aromatic rings. The van der Waals surface area contributed by atoms with Crippen molar-refractivity contribution in [3.8, 4) is 0 Å². The van der Waals surface area contributed by atoms with Crippen molar-refractivity contribution in [2.24, 2.45) is 0 Å². The Morgan fingerprint density at radius 3 is 2.64 bits per heavy atom. The molecule has 0 atom stereocenters. The molecule has 0 N–H and O–H groups in total. The molecule has 0 bridgehead atoms. The van der Waals surface area contributed by atoms with Gasteiger partial charge in [-0.3, -0.25) is 0 Å². The Bertz CT molecular complexity index is 168. The molecule has 0 aliphatic carbocycles. The number of allylic oxidation sites excluding steroid dienone is 2. The van der Waals surface area contributed by atoms with Crippen molar-refractivity contribution in [3.05, 3.63) is 24.3 Å². The van der Waals surface area contributed by atoms with E-state index in [9.17, 15) is 4.79 Å². The fourth-order valence-corrected chi connectivity index (χ4v) is 0.796. The van der Waals surface area contributed by atoms with Gasteiger partial charge in [-0.05, 0) is 6.42 Å². The van der Waals surface area contributed by atoms with Crippen LogP contribution in [-0.2, 0) is 9.53 Å². The molecule has 0 amide bonds. The molecule has 11 heavy (non-hydrogen) atoms. The molecule has 0 rings (SSSR count). The Hall–Kier alpha value is -1.05. The quantitative estimate of drug-likeness (QED) is 0.352. The second kappa shape index (κ2) is 5.71. The van der Waals surface area contributed by atoms with Gasteiger partial charge in [0.2, 0.25) is 0 Å². The third kappa shape index (κ3) is 3.61. The van der Waals surface area contributed by atoms with Crippen molar-refractivity contribution in [1.82, 2.24) is 0 Å². The van der Waals surface area contributed by atoms with Gasteiger partial charge in [-0.15, -0.1) is 0 Å². The van der Waals surface area contributed by atoms with Crippen LogP contribution in [-0.4, -0.2) is 13.1 Å². The Kier molecular flexibility index (Phi) is 5.17. The fraction of sp³-hybridized carbons (Fsp3) is 0.444. The molecule has 0 aliphatic rings. The second-order valence-corrected chi connectivity index (χ2v) is 2.17. The summed E-state index contributed by atoms with van der Waals surface area (Å²) >= 11 is 0. The summed E-state index contributed by atoms with van der Waals surface area (Å²) in [5.74, 6) is -0.258. The van der Waals surface area contributed by atoms with Crippen molar-refractivity contribution in [3.63, 3.8) is 0 Å². The average Bonchev–Trinajstić information content (AvgIpc) is 2.03. The van der Waals surface area contributed by atoms with Crippen LogP contribution in [0.5, 0.6) is 0 Å². The van der Waals surface area contributed by atoms with Gasteiger partial charge in [0.15, 0.2) is 0 Å². The zero-order valence-corrected chi connectivity index (χ0v) is 7.09. The van der Waals surface area contributed by atoms with Gasteiger partial charge in [0.1, 0.15) is 0 Å². The standard InChI is InChI=1S/C9H14O2/c1-4-6-8(7-5-2)9(10)11-3/h4,6H,1,5,7H2,2-3H3/b8-6+. The molecule has 62 valence electrons. The van der Waals surface area contributed by atoms with Crippen LogP contribution in [0, 0.1) is 0 Å². The largest absolute Gasteiger partial charge is 0.466 e. The van der Waals surface area contributed by atoms with E-state index in [0.717, 1.165) is 12.8 Å². The summed E-state index contributed by atoms with van der Waals surface area (Å²) in [4.78, 5) is 11.0. The number of ether oxygens (including phenoxy) is 1. The van der Waals surface area contributed by atoms with Gasteiger partial charge in [-0.2, -0.15) is 0 Å². The number of esters is 1. The summed E-state index contributed by atoms with van der Waals surface area (Å²) in [5, 5.41) is 0. The van der Waals surface area contributed by atoms with Gasteiger partial charge in [0, 0.05) is 5.57 Å². The number of carbonyl (C=O) groups excluding carboxylic acids is 1. The van der Waals surface area contributed by atoms with Crippen LogP contribution in [0.25, 0.3) is 0 Å². The van der Waals surface area contributed by atoms with Crippen molar-refractivity contribution < 1.29 is 9.53 Å². The molecule has 0 aromatic heterocycles. The predicted octanol–water partition coefficient (Wildman–Crippen LogP) is 2.07. The molecule has 0 spiro atoms. The Balaban J connectivity index is 4.20. The minimum Gasteiger partial charge on any atom is -0.466 e. The van der Waals surface area contributed by atoms with E-state index in [1.807, 2.05) is 6.92 Å². The van der Waals surface area contributed by atoms with E-state index < -0.39 is 0 Å². The van der Waals surface area contributed by atoms with E-state index in [4.69, 9.17) is 0 Å². The minimum atomic E-state index is -0.258. The Morgan fingerprint density at radius 2 is 2.27 bits per heavy atom. The van der Waals surface area contributed by atoms with Gasteiger partial charge in [-0.25, -0.2) is 4.79 Å². The third-order valence-corrected chi connectivity index (χ3v) is 1.29. The van der Waals surface area contributed by atoms with Gasteiger partial charge >= 0.3 is 5.97 Å². The van der Waals surface area contributed by atoms with Crippen molar-refractivity contribution in [1.29, 1.82) is 0 Å². The van der Waals surface area contributed by atoms with Crippen LogP contribution in [0.1, 0.15) is 19.8 Å². The lowest BCUT2D eigenvalue weighted by Crippen LogP contribution is -2.03. The SMILES string of the molecule is C=C/C=C(\CCC)C(=O)OC. The summed E-state index contributed by atoms with van der Waals surface area (Å²) in [7, 11) is 1.38. The number of rotatable bonds is 4. The first kappa shape index (κ1) is 9.95. The first-order valence-electron chi connectivity index (χ1n) is 3.66. The summed E-state index contributed by atoms with van der Waals surface area (Å²) in [6.07, 6.45) is 4.98. The van der Waals surface area contributed by atoms with Crippen LogP contribution in [0.15, 0.2) is 24.3 Å². The van der Waals surface area contributed by atoms with Gasteiger partial charge in [-0.1, -0.05) is 32.1 Å². The van der Waals surface area contributed by atoms with Crippen molar-refractivity contribution >= 4 is 5.97 Å². The molecule has 0 aromatic carbocycles. The highest BCUT2D eigenvalue weighted by molar-refractivity contribution is 5.88. The molecule has 0 saturated heterocycles. The van der Waals surface area contributed by atoms with E-state index in [0.29, 0.717) is 5.57 Å². The first-order chi connectivity index (χ1) is 5.26. The maximum atomic E-state index is 11.0. The van der Waals surface area contributed by atoms with Crippen LogP contribution < -0.4 is 0 Å². The summed E-state index contributed by atoms with van der Waals surface area (Å²) in [6, 6.07) is 0. The smallest absolute Gasteiger partial charge is 0.333 e. The topological polar surface area (TPSA) is 26.3 Å². The molecular formula is C9H14O2. The highest BCUT2D eigenvalue weighted by Crippen LogP contribution is 2.06. The number of methoxy groups -OCH3 is 1. The van der Waals surface area contributed by atoms with Crippen molar-refractivity contribution in [2.45, 2.75) is 19.8 Å². The molecule has 0 unspecified atom stereocenters. The number of carbonyl (C=O) groups is 1. The molecule has 2 nitrogen and oxygen atoms in total. The van der Waals surface area contributed by atoms with E-state index in [2.05, 4.69) is 11.3 Å². The number of hydrogen-bond donors (Lipinski definition) is 0. The van der Waals surface area contributed by atoms with E-state index >= 15 is 0 Å². The van der Waals surface area contributed by atoms with Crippen molar-refractivity contribution in [2.75, 3.05) is 7.11 Å². The van der Waals surface area contributed by atoms with E-state index in [1.165, 1.54) is 7.11 Å². The van der Waals surface area contributed by atoms with Gasteiger partial charge in [0.25, 0.3) is 0 Å². The summed E-state index contributed by atoms with van der Waals surface area (Å²) in [6.45, 7) is 5.53. The predicted molar refractivity (Wildman–Crippen MR) is 45.2 cm³/mol. The van der Waals surface area contributed by atoms with Crippen LogP contribution in [0.2, 0.25) is 0 Å². The molecule has 0 heterocycles. The lowest BCUT2D eigenvalue weighted by molar-refractivity contribution is -0.136. The van der Waals surface area contributed by atoms with E-state index in [1.54, 1.807) is 12.2 Å². The maximum absolute atomic E-state index is 11.0. The normalized spacial score (nSPS) is 10.9. The summed E-state index contributed by atoms with van der Waals surface area (Å²) in [5.41, 5.74) is 0.685. The molecule has 0 aliphatic heterocycles. The van der Waals surface area contributed by atoms with Crippen LogP contribution in [0.3, 0.4) is 0 Å².